The smallest absolute Gasteiger partial charge is 0.0456 e. The summed E-state index contributed by atoms with van der Waals surface area (Å²) >= 11 is 6.44. The van der Waals surface area contributed by atoms with Gasteiger partial charge < -0.3 is 5.32 Å². The lowest BCUT2D eigenvalue weighted by Crippen LogP contribution is -2.45. The summed E-state index contributed by atoms with van der Waals surface area (Å²) in [7, 11) is 0. The van der Waals surface area contributed by atoms with E-state index in [2.05, 4.69) is 30.1 Å². The van der Waals surface area contributed by atoms with Gasteiger partial charge in [0.1, 0.15) is 0 Å². The van der Waals surface area contributed by atoms with Gasteiger partial charge in [-0.1, -0.05) is 37.1 Å². The van der Waals surface area contributed by atoms with Gasteiger partial charge in [0, 0.05) is 37.2 Å². The Morgan fingerprint density at radius 2 is 1.90 bits per heavy atom. The fraction of sp³-hybridized carbons (Fsp3) is 0.600. The minimum Gasteiger partial charge on any atom is -0.314 e. The number of hydrogen-bond donors (Lipinski definition) is 1. The molecule has 1 fully saturated rings. The molecule has 0 aromatic heterocycles. The minimum atomic E-state index is 0. The molecule has 1 aromatic rings. The van der Waals surface area contributed by atoms with Gasteiger partial charge in [0.2, 0.25) is 0 Å². The molecule has 0 saturated carbocycles. The summed E-state index contributed by atoms with van der Waals surface area (Å²) in [6.07, 6.45) is 2.38. The molecular weight excluding hydrogens is 315 g/mol. The quantitative estimate of drug-likeness (QED) is 0.882. The molecule has 2 nitrogen and oxygen atoms in total. The van der Waals surface area contributed by atoms with E-state index in [1.807, 2.05) is 12.1 Å². The zero-order chi connectivity index (χ0) is 13.0. The Balaban J connectivity index is 0.00000180. The molecule has 1 heterocycles. The van der Waals surface area contributed by atoms with Gasteiger partial charge >= 0.3 is 0 Å². The average Bonchev–Trinajstić information content (AvgIpc) is 2.38. The fourth-order valence-corrected chi connectivity index (χ4v) is 3.19. The van der Waals surface area contributed by atoms with Crippen LogP contribution in [0.5, 0.6) is 0 Å². The van der Waals surface area contributed by atoms with Crippen molar-refractivity contribution in [3.8, 4) is 0 Å². The molecule has 1 aromatic carbocycles. The van der Waals surface area contributed by atoms with E-state index in [9.17, 15) is 0 Å². The lowest BCUT2D eigenvalue weighted by molar-refractivity contribution is 0.164. The van der Waals surface area contributed by atoms with E-state index in [4.69, 9.17) is 11.6 Å². The van der Waals surface area contributed by atoms with Gasteiger partial charge in [-0.2, -0.15) is 0 Å². The van der Waals surface area contributed by atoms with E-state index in [-0.39, 0.29) is 24.8 Å². The molecule has 116 valence electrons. The molecule has 1 saturated heterocycles. The highest BCUT2D eigenvalue weighted by atomic mass is 35.5. The Morgan fingerprint density at radius 1 is 1.25 bits per heavy atom. The van der Waals surface area contributed by atoms with Crippen LogP contribution in [0.3, 0.4) is 0 Å². The molecule has 2 rings (SSSR count). The van der Waals surface area contributed by atoms with E-state index in [1.54, 1.807) is 0 Å². The van der Waals surface area contributed by atoms with Crippen LogP contribution in [-0.2, 0) is 0 Å². The van der Waals surface area contributed by atoms with Crippen molar-refractivity contribution in [1.29, 1.82) is 0 Å². The number of benzene rings is 1. The minimum absolute atomic E-state index is 0. The molecule has 5 heteroatoms. The Morgan fingerprint density at radius 3 is 2.45 bits per heavy atom. The summed E-state index contributed by atoms with van der Waals surface area (Å²) in [5.74, 6) is 0. The number of aryl methyl sites for hydroxylation is 1. The highest BCUT2D eigenvalue weighted by molar-refractivity contribution is 6.31. The number of nitrogens with zero attached hydrogens (tertiary/aromatic N) is 1. The first-order valence-electron chi connectivity index (χ1n) is 6.93. The lowest BCUT2D eigenvalue weighted by atomic mass is 9.95. The van der Waals surface area contributed by atoms with Crippen LogP contribution in [-0.4, -0.2) is 31.1 Å². The topological polar surface area (TPSA) is 15.3 Å². The first kappa shape index (κ1) is 20.0. The third kappa shape index (κ3) is 4.78. The van der Waals surface area contributed by atoms with E-state index < -0.39 is 0 Å². The second-order valence-corrected chi connectivity index (χ2v) is 5.47. The molecule has 1 aliphatic heterocycles. The molecule has 0 amide bonds. The number of rotatable bonds is 4. The highest BCUT2D eigenvalue weighted by Gasteiger charge is 2.24. The van der Waals surface area contributed by atoms with Gasteiger partial charge in [0.05, 0.1) is 0 Å². The maximum atomic E-state index is 6.44. The Bertz CT molecular complexity index is 372. The molecule has 0 bridgehead atoms. The Kier molecular flexibility index (Phi) is 9.86. The largest absolute Gasteiger partial charge is 0.314 e. The highest BCUT2D eigenvalue weighted by Crippen LogP contribution is 2.33. The first-order chi connectivity index (χ1) is 8.74. The summed E-state index contributed by atoms with van der Waals surface area (Å²) in [6, 6.07) is 6.72. The van der Waals surface area contributed by atoms with Crippen LogP contribution in [0.1, 0.15) is 36.9 Å². The third-order valence-corrected chi connectivity index (χ3v) is 4.09. The second kappa shape index (κ2) is 9.86. The van der Waals surface area contributed by atoms with Crippen LogP contribution in [0, 0.1) is 6.92 Å². The number of halogens is 3. The van der Waals surface area contributed by atoms with Crippen molar-refractivity contribution in [2.45, 2.75) is 32.7 Å². The van der Waals surface area contributed by atoms with Crippen LogP contribution >= 0.6 is 36.4 Å². The molecule has 0 radical (unpaired) electrons. The molecule has 1 atom stereocenters. The predicted molar refractivity (Wildman–Crippen MR) is 92.8 cm³/mol. The fourth-order valence-electron chi connectivity index (χ4n) is 2.84. The van der Waals surface area contributed by atoms with Crippen molar-refractivity contribution in [3.63, 3.8) is 0 Å². The van der Waals surface area contributed by atoms with Gasteiger partial charge in [0.15, 0.2) is 0 Å². The summed E-state index contributed by atoms with van der Waals surface area (Å²) in [6.45, 7) is 8.84. The van der Waals surface area contributed by atoms with Gasteiger partial charge in [-0.05, 0) is 30.5 Å². The maximum absolute atomic E-state index is 6.44. The summed E-state index contributed by atoms with van der Waals surface area (Å²) in [5, 5.41) is 4.34. The van der Waals surface area contributed by atoms with Crippen LogP contribution in [0.15, 0.2) is 18.2 Å². The Hall–Kier alpha value is 0.01000. The monoisotopic (exact) mass is 338 g/mol. The molecule has 1 aliphatic rings. The van der Waals surface area contributed by atoms with Crippen LogP contribution in [0.4, 0.5) is 0 Å². The van der Waals surface area contributed by atoms with Crippen molar-refractivity contribution in [2.75, 3.05) is 26.2 Å². The first-order valence-corrected chi connectivity index (χ1v) is 7.31. The van der Waals surface area contributed by atoms with E-state index in [0.717, 1.165) is 31.2 Å². The zero-order valence-corrected chi connectivity index (χ0v) is 14.6. The number of nitrogens with one attached hydrogen (secondary N) is 1. The standard InChI is InChI=1S/C15H23ClN2.2ClH/c1-3-5-14(18-10-8-17-9-11-18)15-12(2)6-4-7-13(15)16;;/h4,6-7,14,17H,3,5,8-11H2,1-2H3;2*1H/t14-;;/m1../s1. The second-order valence-electron chi connectivity index (χ2n) is 5.06. The van der Waals surface area contributed by atoms with Crippen LogP contribution in [0.25, 0.3) is 0 Å². The van der Waals surface area contributed by atoms with Gasteiger partial charge in [-0.25, -0.2) is 0 Å². The van der Waals surface area contributed by atoms with Crippen molar-refractivity contribution in [2.24, 2.45) is 0 Å². The SMILES string of the molecule is CCC[C@H](c1c(C)cccc1Cl)N1CCNCC1.Cl.Cl. The summed E-state index contributed by atoms with van der Waals surface area (Å²) < 4.78 is 0. The maximum Gasteiger partial charge on any atom is 0.0456 e. The van der Waals surface area contributed by atoms with Crippen molar-refractivity contribution in [3.05, 3.63) is 34.3 Å². The summed E-state index contributed by atoms with van der Waals surface area (Å²) in [4.78, 5) is 2.58. The van der Waals surface area contributed by atoms with Gasteiger partial charge in [-0.3, -0.25) is 4.90 Å². The van der Waals surface area contributed by atoms with Gasteiger partial charge in [0.25, 0.3) is 0 Å². The predicted octanol–water partition coefficient (Wildman–Crippen LogP) is 4.24. The average molecular weight is 340 g/mol. The van der Waals surface area contributed by atoms with Gasteiger partial charge in [-0.15, -0.1) is 24.8 Å². The number of piperazine rings is 1. The lowest BCUT2D eigenvalue weighted by Gasteiger charge is -2.36. The normalized spacial score (nSPS) is 16.9. The molecular formula is C15H25Cl3N2. The zero-order valence-electron chi connectivity index (χ0n) is 12.2. The third-order valence-electron chi connectivity index (χ3n) is 3.76. The molecule has 0 unspecified atom stereocenters. The van der Waals surface area contributed by atoms with Crippen molar-refractivity contribution >= 4 is 36.4 Å². The van der Waals surface area contributed by atoms with E-state index in [1.165, 1.54) is 24.0 Å². The molecule has 20 heavy (non-hydrogen) atoms. The summed E-state index contributed by atoms with van der Waals surface area (Å²) in [5.41, 5.74) is 2.65. The van der Waals surface area contributed by atoms with E-state index in [0.29, 0.717) is 6.04 Å². The van der Waals surface area contributed by atoms with Crippen LogP contribution < -0.4 is 5.32 Å². The number of hydrogen-bond acceptors (Lipinski definition) is 2. The molecule has 0 spiro atoms. The molecule has 1 N–H and O–H groups in total. The van der Waals surface area contributed by atoms with E-state index >= 15 is 0 Å². The van der Waals surface area contributed by atoms with Crippen molar-refractivity contribution < 1.29 is 0 Å². The van der Waals surface area contributed by atoms with Crippen molar-refractivity contribution in [1.82, 2.24) is 10.2 Å². The van der Waals surface area contributed by atoms with Crippen LogP contribution in [0.2, 0.25) is 5.02 Å². The molecule has 0 aliphatic carbocycles. The Labute approximate surface area is 140 Å².